The minimum Gasteiger partial charge on any atom is -0.330 e. The van der Waals surface area contributed by atoms with Crippen molar-refractivity contribution in [3.8, 4) is 0 Å². The van der Waals surface area contributed by atoms with E-state index >= 15 is 0 Å². The lowest BCUT2D eigenvalue weighted by molar-refractivity contribution is 0.504. The number of hydrogen-bond donors (Lipinski definition) is 1. The van der Waals surface area contributed by atoms with E-state index < -0.39 is 0 Å². The molecular formula is C12H18ClN. The second kappa shape index (κ2) is 4.81. The number of aryl methyl sites for hydroxylation is 1. The first kappa shape index (κ1) is 11.5. The summed E-state index contributed by atoms with van der Waals surface area (Å²) >= 11 is 5.91. The van der Waals surface area contributed by atoms with Crippen molar-refractivity contribution in [3.63, 3.8) is 0 Å². The maximum absolute atomic E-state index is 5.91. The molecule has 2 N–H and O–H groups in total. The molecule has 1 aromatic carbocycles. The van der Waals surface area contributed by atoms with Crippen molar-refractivity contribution < 1.29 is 0 Å². The molecule has 0 aliphatic rings. The lowest BCUT2D eigenvalue weighted by atomic mass is 9.86. The van der Waals surface area contributed by atoms with Crippen LogP contribution in [0, 0.1) is 12.8 Å². The van der Waals surface area contributed by atoms with Crippen molar-refractivity contribution in [1.82, 2.24) is 0 Å². The Bertz CT molecular complexity index is 307. The van der Waals surface area contributed by atoms with Gasteiger partial charge in [-0.25, -0.2) is 0 Å². The van der Waals surface area contributed by atoms with Gasteiger partial charge in [0.15, 0.2) is 0 Å². The highest BCUT2D eigenvalue weighted by Crippen LogP contribution is 2.27. The summed E-state index contributed by atoms with van der Waals surface area (Å²) in [5.74, 6) is 1.01. The molecule has 0 saturated heterocycles. The zero-order valence-corrected chi connectivity index (χ0v) is 9.81. The van der Waals surface area contributed by atoms with Crippen molar-refractivity contribution in [2.24, 2.45) is 11.7 Å². The number of rotatable bonds is 3. The van der Waals surface area contributed by atoms with Crippen LogP contribution in [0.1, 0.15) is 30.9 Å². The maximum atomic E-state index is 5.91. The molecule has 14 heavy (non-hydrogen) atoms. The van der Waals surface area contributed by atoms with Gasteiger partial charge in [-0.2, -0.15) is 0 Å². The van der Waals surface area contributed by atoms with E-state index in [0.717, 1.165) is 5.02 Å². The van der Waals surface area contributed by atoms with Crippen molar-refractivity contribution in [3.05, 3.63) is 34.3 Å². The summed E-state index contributed by atoms with van der Waals surface area (Å²) in [5, 5.41) is 0.797. The van der Waals surface area contributed by atoms with E-state index in [9.17, 15) is 0 Å². The summed E-state index contributed by atoms with van der Waals surface area (Å²) in [7, 11) is 0. The van der Waals surface area contributed by atoms with Gasteiger partial charge >= 0.3 is 0 Å². The molecule has 1 unspecified atom stereocenters. The van der Waals surface area contributed by atoms with E-state index in [4.69, 9.17) is 17.3 Å². The van der Waals surface area contributed by atoms with Crippen molar-refractivity contribution in [2.75, 3.05) is 6.54 Å². The van der Waals surface area contributed by atoms with Gasteiger partial charge in [0.25, 0.3) is 0 Å². The Hall–Kier alpha value is -0.530. The van der Waals surface area contributed by atoms with Crippen LogP contribution in [0.25, 0.3) is 0 Å². The van der Waals surface area contributed by atoms with Gasteiger partial charge in [0.05, 0.1) is 0 Å². The summed E-state index contributed by atoms with van der Waals surface area (Å²) in [6.07, 6.45) is 0. The smallest absolute Gasteiger partial charge is 0.0408 e. The van der Waals surface area contributed by atoms with E-state index in [0.29, 0.717) is 18.4 Å². The average Bonchev–Trinajstić information content (AvgIpc) is 2.09. The summed E-state index contributed by atoms with van der Waals surface area (Å²) in [5.41, 5.74) is 8.34. The highest BCUT2D eigenvalue weighted by Gasteiger charge is 2.15. The Labute approximate surface area is 91.3 Å². The fraction of sp³-hybridized carbons (Fsp3) is 0.500. The predicted octanol–water partition coefficient (Wildman–Crippen LogP) is 3.35. The fourth-order valence-corrected chi connectivity index (χ4v) is 2.04. The number of benzene rings is 1. The summed E-state index contributed by atoms with van der Waals surface area (Å²) in [6, 6.07) is 6.03. The zero-order chi connectivity index (χ0) is 10.7. The highest BCUT2D eigenvalue weighted by atomic mass is 35.5. The van der Waals surface area contributed by atoms with Crippen LogP contribution in [0.2, 0.25) is 5.02 Å². The molecule has 0 amide bonds. The third-order valence-corrected chi connectivity index (χ3v) is 2.93. The van der Waals surface area contributed by atoms with E-state index in [-0.39, 0.29) is 0 Å². The Kier molecular flexibility index (Phi) is 3.97. The molecule has 0 fully saturated rings. The average molecular weight is 212 g/mol. The van der Waals surface area contributed by atoms with E-state index in [2.05, 4.69) is 26.8 Å². The Morgan fingerprint density at radius 3 is 2.43 bits per heavy atom. The van der Waals surface area contributed by atoms with Crippen LogP contribution in [-0.4, -0.2) is 6.54 Å². The van der Waals surface area contributed by atoms with Gasteiger partial charge in [0.1, 0.15) is 0 Å². The predicted molar refractivity (Wildman–Crippen MR) is 62.8 cm³/mol. The third kappa shape index (κ3) is 2.49. The topological polar surface area (TPSA) is 26.0 Å². The molecule has 1 rings (SSSR count). The molecule has 0 aromatic heterocycles. The first-order chi connectivity index (χ1) is 6.56. The van der Waals surface area contributed by atoms with Crippen molar-refractivity contribution in [2.45, 2.75) is 26.7 Å². The Morgan fingerprint density at radius 2 is 2.00 bits per heavy atom. The van der Waals surface area contributed by atoms with Gasteiger partial charge in [-0.15, -0.1) is 0 Å². The molecular weight excluding hydrogens is 194 g/mol. The Morgan fingerprint density at radius 1 is 1.36 bits per heavy atom. The molecule has 0 aliphatic heterocycles. The van der Waals surface area contributed by atoms with Gasteiger partial charge in [-0.3, -0.25) is 0 Å². The SMILES string of the molecule is Cc1cc(Cl)ccc1C(CN)C(C)C. The van der Waals surface area contributed by atoms with E-state index in [1.807, 2.05) is 12.1 Å². The monoisotopic (exact) mass is 211 g/mol. The molecule has 2 heteroatoms. The van der Waals surface area contributed by atoms with E-state index in [1.54, 1.807) is 0 Å². The van der Waals surface area contributed by atoms with Gasteiger partial charge in [0.2, 0.25) is 0 Å². The summed E-state index contributed by atoms with van der Waals surface area (Å²) < 4.78 is 0. The van der Waals surface area contributed by atoms with Crippen molar-refractivity contribution >= 4 is 11.6 Å². The highest BCUT2D eigenvalue weighted by molar-refractivity contribution is 6.30. The molecule has 0 aliphatic carbocycles. The molecule has 0 saturated carbocycles. The standard InChI is InChI=1S/C12H18ClN/c1-8(2)12(7-14)11-5-4-10(13)6-9(11)3/h4-6,8,12H,7,14H2,1-3H3. The second-order valence-corrected chi connectivity index (χ2v) is 4.52. The molecule has 0 heterocycles. The van der Waals surface area contributed by atoms with Gasteiger partial charge in [0, 0.05) is 5.02 Å². The van der Waals surface area contributed by atoms with Crippen molar-refractivity contribution in [1.29, 1.82) is 0 Å². The molecule has 0 spiro atoms. The summed E-state index contributed by atoms with van der Waals surface area (Å²) in [4.78, 5) is 0. The largest absolute Gasteiger partial charge is 0.330 e. The number of nitrogens with two attached hydrogens (primary N) is 1. The van der Waals surface area contributed by atoms with Crippen LogP contribution in [0.5, 0.6) is 0 Å². The van der Waals surface area contributed by atoms with Crippen LogP contribution in [0.3, 0.4) is 0 Å². The first-order valence-corrected chi connectivity index (χ1v) is 5.40. The molecule has 78 valence electrons. The zero-order valence-electron chi connectivity index (χ0n) is 9.05. The van der Waals surface area contributed by atoms with E-state index in [1.165, 1.54) is 11.1 Å². The molecule has 1 atom stereocenters. The third-order valence-electron chi connectivity index (χ3n) is 2.69. The van der Waals surface area contributed by atoms with Crippen LogP contribution in [-0.2, 0) is 0 Å². The van der Waals surface area contributed by atoms with Crippen LogP contribution >= 0.6 is 11.6 Å². The van der Waals surface area contributed by atoms with Gasteiger partial charge in [-0.1, -0.05) is 31.5 Å². The lowest BCUT2D eigenvalue weighted by Gasteiger charge is -2.21. The van der Waals surface area contributed by atoms with Crippen LogP contribution < -0.4 is 5.73 Å². The minimum atomic E-state index is 0.437. The van der Waals surface area contributed by atoms with Crippen LogP contribution in [0.15, 0.2) is 18.2 Å². The molecule has 1 aromatic rings. The van der Waals surface area contributed by atoms with Gasteiger partial charge < -0.3 is 5.73 Å². The second-order valence-electron chi connectivity index (χ2n) is 4.09. The normalized spacial score (nSPS) is 13.3. The fourth-order valence-electron chi connectivity index (χ4n) is 1.81. The summed E-state index contributed by atoms with van der Waals surface area (Å²) in [6.45, 7) is 7.18. The minimum absolute atomic E-state index is 0.437. The molecule has 1 nitrogen and oxygen atoms in total. The van der Waals surface area contributed by atoms with Gasteiger partial charge in [-0.05, 0) is 48.6 Å². The van der Waals surface area contributed by atoms with Crippen LogP contribution in [0.4, 0.5) is 0 Å². The lowest BCUT2D eigenvalue weighted by Crippen LogP contribution is -2.18. The molecule has 0 radical (unpaired) electrons. The number of halogens is 1. The maximum Gasteiger partial charge on any atom is 0.0408 e. The first-order valence-electron chi connectivity index (χ1n) is 5.02. The molecule has 0 bridgehead atoms. The quantitative estimate of drug-likeness (QED) is 0.816. The number of hydrogen-bond acceptors (Lipinski definition) is 1. The Balaban J connectivity index is 3.04.